The highest BCUT2D eigenvalue weighted by atomic mass is 16.5. The zero-order valence-electron chi connectivity index (χ0n) is 12.0. The van der Waals surface area contributed by atoms with E-state index in [1.54, 1.807) is 7.11 Å². The molecule has 0 aromatic heterocycles. The molecule has 0 radical (unpaired) electrons. The van der Waals surface area contributed by atoms with Crippen molar-refractivity contribution in [1.29, 1.82) is 0 Å². The Morgan fingerprint density at radius 3 is 2.78 bits per heavy atom. The van der Waals surface area contributed by atoms with Gasteiger partial charge in [-0.15, -0.1) is 0 Å². The molecule has 0 spiro atoms. The molecule has 2 nitrogen and oxygen atoms in total. The monoisotopic (exact) mass is 247 g/mol. The summed E-state index contributed by atoms with van der Waals surface area (Å²) in [4.78, 5) is 0. The van der Waals surface area contributed by atoms with Crippen molar-refractivity contribution in [3.63, 3.8) is 0 Å². The first-order valence-corrected chi connectivity index (χ1v) is 6.90. The van der Waals surface area contributed by atoms with Gasteiger partial charge in [-0.2, -0.15) is 0 Å². The maximum Gasteiger partial charge on any atom is 0.122 e. The third-order valence-corrected chi connectivity index (χ3v) is 3.71. The van der Waals surface area contributed by atoms with E-state index in [0.29, 0.717) is 11.5 Å². The van der Waals surface area contributed by atoms with Crippen molar-refractivity contribution in [3.8, 4) is 5.75 Å². The number of fused-ring (bicyclic) bond motifs is 1. The fourth-order valence-corrected chi connectivity index (χ4v) is 2.68. The van der Waals surface area contributed by atoms with E-state index in [-0.39, 0.29) is 0 Å². The van der Waals surface area contributed by atoms with E-state index in [1.165, 1.54) is 24.0 Å². The molecule has 100 valence electrons. The SMILES string of the molecule is COc1cccc2c1CCNC2CCC(C)(C)C. The molecule has 2 heteroatoms. The largest absolute Gasteiger partial charge is 0.496 e. The highest BCUT2D eigenvalue weighted by Gasteiger charge is 2.23. The molecule has 1 aromatic carbocycles. The van der Waals surface area contributed by atoms with Crippen molar-refractivity contribution in [2.75, 3.05) is 13.7 Å². The van der Waals surface area contributed by atoms with Crippen LogP contribution in [0, 0.1) is 5.41 Å². The minimum Gasteiger partial charge on any atom is -0.496 e. The number of ether oxygens (including phenoxy) is 1. The van der Waals surface area contributed by atoms with Crippen molar-refractivity contribution < 1.29 is 4.74 Å². The highest BCUT2D eigenvalue weighted by Crippen LogP contribution is 2.34. The Kier molecular flexibility index (Phi) is 3.96. The van der Waals surface area contributed by atoms with Crippen molar-refractivity contribution in [2.24, 2.45) is 5.41 Å². The second-order valence-electron chi connectivity index (χ2n) is 6.38. The molecule has 1 unspecified atom stereocenters. The van der Waals surface area contributed by atoms with Gasteiger partial charge in [-0.25, -0.2) is 0 Å². The zero-order valence-corrected chi connectivity index (χ0v) is 12.0. The van der Waals surface area contributed by atoms with Crippen LogP contribution in [0.4, 0.5) is 0 Å². The van der Waals surface area contributed by atoms with Gasteiger partial charge in [0.15, 0.2) is 0 Å². The molecule has 0 fully saturated rings. The van der Waals surface area contributed by atoms with Gasteiger partial charge in [-0.05, 0) is 42.9 Å². The van der Waals surface area contributed by atoms with Gasteiger partial charge in [0.2, 0.25) is 0 Å². The Hall–Kier alpha value is -1.02. The van der Waals surface area contributed by atoms with Crippen molar-refractivity contribution >= 4 is 0 Å². The number of hydrogen-bond acceptors (Lipinski definition) is 2. The third kappa shape index (κ3) is 3.05. The molecule has 1 aromatic rings. The van der Waals surface area contributed by atoms with E-state index < -0.39 is 0 Å². The van der Waals surface area contributed by atoms with E-state index in [4.69, 9.17) is 4.74 Å². The first kappa shape index (κ1) is 13.4. The molecular formula is C16H25NO. The summed E-state index contributed by atoms with van der Waals surface area (Å²) in [6.45, 7) is 7.98. The van der Waals surface area contributed by atoms with Gasteiger partial charge >= 0.3 is 0 Å². The molecule has 0 saturated carbocycles. The van der Waals surface area contributed by atoms with Gasteiger partial charge in [0.25, 0.3) is 0 Å². The topological polar surface area (TPSA) is 21.3 Å². The third-order valence-electron chi connectivity index (χ3n) is 3.71. The quantitative estimate of drug-likeness (QED) is 0.879. The lowest BCUT2D eigenvalue weighted by molar-refractivity contribution is 0.325. The lowest BCUT2D eigenvalue weighted by Gasteiger charge is -2.30. The summed E-state index contributed by atoms with van der Waals surface area (Å²) in [5.74, 6) is 1.05. The average molecular weight is 247 g/mol. The predicted molar refractivity (Wildman–Crippen MR) is 76.1 cm³/mol. The molecule has 1 aliphatic heterocycles. The lowest BCUT2D eigenvalue weighted by Crippen LogP contribution is -2.30. The summed E-state index contributed by atoms with van der Waals surface area (Å²) in [5, 5.41) is 3.64. The Bertz CT molecular complexity index is 406. The Morgan fingerprint density at radius 1 is 1.33 bits per heavy atom. The number of methoxy groups -OCH3 is 1. The summed E-state index contributed by atoms with van der Waals surface area (Å²) in [5.41, 5.74) is 3.24. The molecule has 0 bridgehead atoms. The smallest absolute Gasteiger partial charge is 0.122 e. The van der Waals surface area contributed by atoms with Crippen LogP contribution in [0.25, 0.3) is 0 Å². The summed E-state index contributed by atoms with van der Waals surface area (Å²) in [6, 6.07) is 6.92. The zero-order chi connectivity index (χ0) is 13.2. The Labute approximate surface area is 111 Å². The van der Waals surface area contributed by atoms with E-state index in [0.717, 1.165) is 18.7 Å². The highest BCUT2D eigenvalue weighted by molar-refractivity contribution is 5.43. The summed E-state index contributed by atoms with van der Waals surface area (Å²) >= 11 is 0. The van der Waals surface area contributed by atoms with Gasteiger partial charge in [-0.3, -0.25) is 0 Å². The normalized spacial score (nSPS) is 19.4. The molecule has 2 rings (SSSR count). The van der Waals surface area contributed by atoms with Gasteiger partial charge in [-0.1, -0.05) is 32.9 Å². The van der Waals surface area contributed by atoms with Crippen LogP contribution in [0.15, 0.2) is 18.2 Å². The van der Waals surface area contributed by atoms with E-state index >= 15 is 0 Å². The van der Waals surface area contributed by atoms with Crippen molar-refractivity contribution in [2.45, 2.75) is 46.1 Å². The molecule has 1 heterocycles. The summed E-state index contributed by atoms with van der Waals surface area (Å²) < 4.78 is 5.48. The van der Waals surface area contributed by atoms with Crippen LogP contribution in [0.1, 0.15) is 50.8 Å². The lowest BCUT2D eigenvalue weighted by atomic mass is 9.84. The molecule has 1 N–H and O–H groups in total. The predicted octanol–water partition coefficient (Wildman–Crippen LogP) is 3.71. The Morgan fingerprint density at radius 2 is 2.11 bits per heavy atom. The second kappa shape index (κ2) is 5.31. The van der Waals surface area contributed by atoms with E-state index in [2.05, 4.69) is 44.3 Å². The molecule has 0 amide bonds. The van der Waals surface area contributed by atoms with E-state index in [1.807, 2.05) is 0 Å². The van der Waals surface area contributed by atoms with Crippen LogP contribution in [-0.2, 0) is 6.42 Å². The second-order valence-corrected chi connectivity index (χ2v) is 6.38. The first-order valence-electron chi connectivity index (χ1n) is 6.90. The minimum atomic E-state index is 0.401. The molecule has 1 atom stereocenters. The van der Waals surface area contributed by atoms with Gasteiger partial charge in [0.05, 0.1) is 7.11 Å². The summed E-state index contributed by atoms with van der Waals surface area (Å²) in [6.07, 6.45) is 3.51. The number of benzene rings is 1. The maximum atomic E-state index is 5.48. The molecular weight excluding hydrogens is 222 g/mol. The fourth-order valence-electron chi connectivity index (χ4n) is 2.68. The number of hydrogen-bond donors (Lipinski definition) is 1. The molecule has 0 aliphatic carbocycles. The first-order chi connectivity index (χ1) is 8.51. The number of nitrogens with one attached hydrogen (secondary N) is 1. The maximum absolute atomic E-state index is 5.48. The Balaban J connectivity index is 2.18. The van der Waals surface area contributed by atoms with Crippen LogP contribution in [0.3, 0.4) is 0 Å². The fraction of sp³-hybridized carbons (Fsp3) is 0.625. The van der Waals surface area contributed by atoms with Crippen LogP contribution in [0.2, 0.25) is 0 Å². The molecule has 18 heavy (non-hydrogen) atoms. The van der Waals surface area contributed by atoms with Crippen LogP contribution >= 0.6 is 0 Å². The number of rotatable bonds is 3. The molecule has 1 aliphatic rings. The van der Waals surface area contributed by atoms with Crippen LogP contribution in [-0.4, -0.2) is 13.7 Å². The molecule has 0 saturated heterocycles. The minimum absolute atomic E-state index is 0.401. The van der Waals surface area contributed by atoms with E-state index in [9.17, 15) is 0 Å². The van der Waals surface area contributed by atoms with Crippen LogP contribution in [0.5, 0.6) is 5.75 Å². The van der Waals surface area contributed by atoms with Gasteiger partial charge in [0.1, 0.15) is 5.75 Å². The van der Waals surface area contributed by atoms with Gasteiger partial charge in [0, 0.05) is 11.6 Å². The average Bonchev–Trinajstić information content (AvgIpc) is 2.34. The van der Waals surface area contributed by atoms with Crippen molar-refractivity contribution in [1.82, 2.24) is 5.32 Å². The summed E-state index contributed by atoms with van der Waals surface area (Å²) in [7, 11) is 1.77. The van der Waals surface area contributed by atoms with Crippen molar-refractivity contribution in [3.05, 3.63) is 29.3 Å². The van der Waals surface area contributed by atoms with Crippen LogP contribution < -0.4 is 10.1 Å². The standard InChI is InChI=1S/C16H25NO/c1-16(2,3)10-8-14-12-6-5-7-15(18-4)13(12)9-11-17-14/h5-7,14,17H,8-11H2,1-4H3. The van der Waals surface area contributed by atoms with Gasteiger partial charge < -0.3 is 10.1 Å².